The van der Waals surface area contributed by atoms with Crippen molar-refractivity contribution >= 4 is 45.9 Å². The van der Waals surface area contributed by atoms with Gasteiger partial charge in [0.2, 0.25) is 5.13 Å². The number of carbonyl (C=O) groups excluding carboxylic acids is 1. The second-order valence-corrected chi connectivity index (χ2v) is 7.56. The van der Waals surface area contributed by atoms with Crippen LogP contribution in [-0.2, 0) is 0 Å². The summed E-state index contributed by atoms with van der Waals surface area (Å²) in [5, 5.41) is 10.9. The molecule has 27 heavy (non-hydrogen) atoms. The SMILES string of the molecule is CCNSc1cc(F)c(Cl)c(C(=O)Nc2nnc(-c3ccc(F)cc3)s2)c1. The molecule has 0 aliphatic heterocycles. The highest BCUT2D eigenvalue weighted by Gasteiger charge is 2.18. The molecule has 2 N–H and O–H groups in total. The van der Waals surface area contributed by atoms with Crippen molar-refractivity contribution in [3.63, 3.8) is 0 Å². The molecule has 1 aromatic heterocycles. The van der Waals surface area contributed by atoms with Crippen molar-refractivity contribution in [1.29, 1.82) is 0 Å². The first kappa shape index (κ1) is 19.7. The van der Waals surface area contributed by atoms with Crippen LogP contribution in [0.4, 0.5) is 13.9 Å². The minimum Gasteiger partial charge on any atom is -0.296 e. The Morgan fingerprint density at radius 3 is 2.67 bits per heavy atom. The second kappa shape index (κ2) is 8.75. The first-order chi connectivity index (χ1) is 13.0. The third-order valence-electron chi connectivity index (χ3n) is 3.32. The Morgan fingerprint density at radius 1 is 1.22 bits per heavy atom. The number of rotatable bonds is 6. The number of amides is 1. The monoisotopic (exact) mass is 426 g/mol. The summed E-state index contributed by atoms with van der Waals surface area (Å²) in [6, 6.07) is 8.50. The van der Waals surface area contributed by atoms with Gasteiger partial charge in [-0.2, -0.15) is 0 Å². The molecule has 140 valence electrons. The maximum atomic E-state index is 14.0. The van der Waals surface area contributed by atoms with E-state index in [1.807, 2.05) is 6.92 Å². The van der Waals surface area contributed by atoms with Crippen LogP contribution < -0.4 is 10.0 Å². The fraction of sp³-hybridized carbons (Fsp3) is 0.118. The lowest BCUT2D eigenvalue weighted by Crippen LogP contribution is -2.13. The van der Waals surface area contributed by atoms with Crippen molar-refractivity contribution in [1.82, 2.24) is 14.9 Å². The lowest BCUT2D eigenvalue weighted by molar-refractivity contribution is 0.102. The van der Waals surface area contributed by atoms with Crippen LogP contribution in [0.5, 0.6) is 0 Å². The largest absolute Gasteiger partial charge is 0.296 e. The smallest absolute Gasteiger partial charge is 0.259 e. The molecule has 0 saturated carbocycles. The zero-order valence-corrected chi connectivity index (χ0v) is 16.3. The van der Waals surface area contributed by atoms with Crippen molar-refractivity contribution in [2.24, 2.45) is 0 Å². The number of anilines is 1. The lowest BCUT2D eigenvalue weighted by Gasteiger charge is -2.08. The normalized spacial score (nSPS) is 10.8. The average Bonchev–Trinajstić information content (AvgIpc) is 3.11. The molecule has 0 fully saturated rings. The van der Waals surface area contributed by atoms with E-state index in [9.17, 15) is 13.6 Å². The molecule has 0 aliphatic rings. The molecule has 0 saturated heterocycles. The summed E-state index contributed by atoms with van der Waals surface area (Å²) in [6.07, 6.45) is 0. The molecule has 0 radical (unpaired) electrons. The van der Waals surface area contributed by atoms with E-state index < -0.39 is 11.7 Å². The van der Waals surface area contributed by atoms with Crippen molar-refractivity contribution in [2.75, 3.05) is 11.9 Å². The summed E-state index contributed by atoms with van der Waals surface area (Å²) in [5.74, 6) is -1.64. The zero-order valence-electron chi connectivity index (χ0n) is 13.9. The Kier molecular flexibility index (Phi) is 6.38. The molecule has 3 aromatic rings. The van der Waals surface area contributed by atoms with E-state index in [1.54, 1.807) is 12.1 Å². The average molecular weight is 427 g/mol. The Balaban J connectivity index is 1.79. The number of hydrogen-bond donors (Lipinski definition) is 2. The number of aromatic nitrogens is 2. The van der Waals surface area contributed by atoms with Crippen LogP contribution in [0, 0.1) is 11.6 Å². The van der Waals surface area contributed by atoms with E-state index >= 15 is 0 Å². The highest BCUT2D eigenvalue weighted by atomic mass is 35.5. The molecular weight excluding hydrogens is 414 g/mol. The predicted octanol–water partition coefficient (Wildman–Crippen LogP) is 5.01. The standard InChI is InChI=1S/C17H13ClF2N4OS2/c1-2-21-27-11-7-12(14(18)13(20)8-11)15(25)22-17-24-23-16(26-17)9-3-5-10(19)6-4-9/h3-8,21H,2H2,1H3,(H,22,24,25). The maximum absolute atomic E-state index is 14.0. The highest BCUT2D eigenvalue weighted by molar-refractivity contribution is 7.97. The van der Waals surface area contributed by atoms with Crippen LogP contribution in [0.2, 0.25) is 5.02 Å². The lowest BCUT2D eigenvalue weighted by atomic mass is 10.2. The Labute approximate surface area is 167 Å². The maximum Gasteiger partial charge on any atom is 0.259 e. The summed E-state index contributed by atoms with van der Waals surface area (Å²) in [7, 11) is 0. The van der Waals surface area contributed by atoms with Gasteiger partial charge in [0.15, 0.2) is 0 Å². The molecule has 10 heteroatoms. The first-order valence-electron chi connectivity index (χ1n) is 7.77. The number of halogens is 3. The van der Waals surface area contributed by atoms with Crippen molar-refractivity contribution in [2.45, 2.75) is 11.8 Å². The number of carbonyl (C=O) groups is 1. The zero-order chi connectivity index (χ0) is 19.4. The first-order valence-corrected chi connectivity index (χ1v) is 9.78. The van der Waals surface area contributed by atoms with Gasteiger partial charge < -0.3 is 0 Å². The number of nitrogens with zero attached hydrogens (tertiary/aromatic N) is 2. The number of nitrogens with one attached hydrogen (secondary N) is 2. The van der Waals surface area contributed by atoms with Crippen LogP contribution in [0.25, 0.3) is 10.6 Å². The van der Waals surface area contributed by atoms with Crippen molar-refractivity contribution < 1.29 is 13.6 Å². The van der Waals surface area contributed by atoms with Gasteiger partial charge in [-0.25, -0.2) is 8.78 Å². The molecule has 0 spiro atoms. The van der Waals surface area contributed by atoms with Crippen molar-refractivity contribution in [3.05, 3.63) is 58.6 Å². The van der Waals surface area contributed by atoms with Crippen LogP contribution in [0.15, 0.2) is 41.3 Å². The Bertz CT molecular complexity index is 966. The fourth-order valence-corrected chi connectivity index (χ4v) is 3.68. The van der Waals surface area contributed by atoms with Crippen LogP contribution >= 0.6 is 34.9 Å². The molecule has 1 heterocycles. The summed E-state index contributed by atoms with van der Waals surface area (Å²) in [6.45, 7) is 2.58. The van der Waals surface area contributed by atoms with E-state index in [-0.39, 0.29) is 21.5 Å². The van der Waals surface area contributed by atoms with Crippen LogP contribution in [-0.4, -0.2) is 22.6 Å². The van der Waals surface area contributed by atoms with Gasteiger partial charge in [0, 0.05) is 17.0 Å². The number of hydrogen-bond acceptors (Lipinski definition) is 6. The van der Waals surface area contributed by atoms with E-state index in [1.165, 1.54) is 36.2 Å². The quantitative estimate of drug-likeness (QED) is 0.542. The van der Waals surface area contributed by atoms with Crippen molar-refractivity contribution in [3.8, 4) is 10.6 Å². The topological polar surface area (TPSA) is 66.9 Å². The van der Waals surface area contributed by atoms with E-state index in [0.717, 1.165) is 11.3 Å². The Hall–Kier alpha value is -2.07. The molecule has 5 nitrogen and oxygen atoms in total. The third kappa shape index (κ3) is 4.81. The number of benzene rings is 2. The third-order valence-corrected chi connectivity index (χ3v) is 5.49. The highest BCUT2D eigenvalue weighted by Crippen LogP contribution is 2.29. The molecule has 3 rings (SSSR count). The molecular formula is C17H13ClF2N4OS2. The molecule has 0 atom stereocenters. The molecule has 2 aromatic carbocycles. The van der Waals surface area contributed by atoms with Gasteiger partial charge in [0.25, 0.3) is 5.91 Å². The molecule has 0 unspecified atom stereocenters. The minimum atomic E-state index is -0.686. The van der Waals surface area contributed by atoms with Gasteiger partial charge in [-0.05, 0) is 48.3 Å². The van der Waals surface area contributed by atoms with Gasteiger partial charge in [0.05, 0.1) is 10.6 Å². The van der Waals surface area contributed by atoms with Gasteiger partial charge in [-0.1, -0.05) is 29.9 Å². The summed E-state index contributed by atoms with van der Waals surface area (Å²) >= 11 is 8.25. The Morgan fingerprint density at radius 2 is 1.96 bits per heavy atom. The van der Waals surface area contributed by atoms with E-state index in [2.05, 4.69) is 20.2 Å². The summed E-state index contributed by atoms with van der Waals surface area (Å²) in [4.78, 5) is 13.0. The van der Waals surface area contributed by atoms with E-state index in [4.69, 9.17) is 11.6 Å². The van der Waals surface area contributed by atoms with Crippen LogP contribution in [0.1, 0.15) is 17.3 Å². The van der Waals surface area contributed by atoms with Gasteiger partial charge in [-0.15, -0.1) is 10.2 Å². The van der Waals surface area contributed by atoms with Gasteiger partial charge >= 0.3 is 0 Å². The molecule has 1 amide bonds. The second-order valence-electron chi connectivity index (χ2n) is 5.24. The summed E-state index contributed by atoms with van der Waals surface area (Å²) in [5.41, 5.74) is 0.665. The molecule has 0 bridgehead atoms. The summed E-state index contributed by atoms with van der Waals surface area (Å²) < 4.78 is 30.0. The predicted molar refractivity (Wildman–Crippen MR) is 104 cm³/mol. The van der Waals surface area contributed by atoms with Gasteiger partial charge in [0.1, 0.15) is 16.6 Å². The fourth-order valence-electron chi connectivity index (χ4n) is 2.09. The van der Waals surface area contributed by atoms with E-state index in [0.29, 0.717) is 22.0 Å². The minimum absolute atomic E-state index is 0.00407. The van der Waals surface area contributed by atoms with Gasteiger partial charge in [-0.3, -0.25) is 14.8 Å². The van der Waals surface area contributed by atoms with Crippen LogP contribution in [0.3, 0.4) is 0 Å². The molecule has 0 aliphatic carbocycles.